The number of aromatic amines is 1. The van der Waals surface area contributed by atoms with Crippen LogP contribution in [-0.2, 0) is 6.54 Å². The van der Waals surface area contributed by atoms with Gasteiger partial charge in [0.2, 0.25) is 0 Å². The zero-order valence-electron chi connectivity index (χ0n) is 9.03. The average Bonchev–Trinajstić information content (AvgIpc) is 2.80. The molecule has 0 aliphatic carbocycles. The van der Waals surface area contributed by atoms with E-state index in [0.717, 1.165) is 23.4 Å². The smallest absolute Gasteiger partial charge is 0.159 e. The standard InChI is InChI=1S/C12H13N3O/c1-9(16)11-2-4-12(5-3-11)13-6-10-7-14-15-8-10/h2-5,7-8,13H,6H2,1H3,(H,14,15). The van der Waals surface area contributed by atoms with Crippen LogP contribution in [0.25, 0.3) is 0 Å². The lowest BCUT2D eigenvalue weighted by Crippen LogP contribution is -1.99. The lowest BCUT2D eigenvalue weighted by Gasteiger charge is -2.04. The summed E-state index contributed by atoms with van der Waals surface area (Å²) in [7, 11) is 0. The molecule has 2 rings (SSSR count). The van der Waals surface area contributed by atoms with E-state index in [1.807, 2.05) is 30.5 Å². The molecular weight excluding hydrogens is 202 g/mol. The zero-order chi connectivity index (χ0) is 11.4. The van der Waals surface area contributed by atoms with E-state index in [1.54, 1.807) is 13.1 Å². The van der Waals surface area contributed by atoms with Gasteiger partial charge in [0.1, 0.15) is 0 Å². The molecule has 1 aromatic heterocycles. The van der Waals surface area contributed by atoms with Gasteiger partial charge in [0, 0.05) is 29.6 Å². The summed E-state index contributed by atoms with van der Waals surface area (Å²) >= 11 is 0. The molecule has 0 spiro atoms. The Morgan fingerprint density at radius 2 is 2.12 bits per heavy atom. The normalized spacial score (nSPS) is 10.1. The van der Waals surface area contributed by atoms with Crippen LogP contribution in [0.3, 0.4) is 0 Å². The molecule has 0 aliphatic heterocycles. The van der Waals surface area contributed by atoms with Gasteiger partial charge in [0.05, 0.1) is 6.20 Å². The van der Waals surface area contributed by atoms with Gasteiger partial charge in [0.25, 0.3) is 0 Å². The van der Waals surface area contributed by atoms with Crippen molar-refractivity contribution in [2.75, 3.05) is 5.32 Å². The highest BCUT2D eigenvalue weighted by atomic mass is 16.1. The highest BCUT2D eigenvalue weighted by molar-refractivity contribution is 5.94. The highest BCUT2D eigenvalue weighted by Gasteiger charge is 1.99. The third-order valence-electron chi connectivity index (χ3n) is 2.34. The van der Waals surface area contributed by atoms with Gasteiger partial charge in [-0.1, -0.05) is 0 Å². The van der Waals surface area contributed by atoms with Gasteiger partial charge in [0.15, 0.2) is 5.78 Å². The predicted molar refractivity (Wildman–Crippen MR) is 62.4 cm³/mol. The first-order valence-electron chi connectivity index (χ1n) is 5.08. The predicted octanol–water partition coefficient (Wildman–Crippen LogP) is 2.22. The molecule has 4 heteroatoms. The van der Waals surface area contributed by atoms with Crippen LogP contribution in [0.2, 0.25) is 0 Å². The number of carbonyl (C=O) groups is 1. The fourth-order valence-corrected chi connectivity index (χ4v) is 1.40. The SMILES string of the molecule is CC(=O)c1ccc(NCc2cn[nH]c2)cc1. The second-order valence-corrected chi connectivity index (χ2v) is 3.59. The van der Waals surface area contributed by atoms with E-state index < -0.39 is 0 Å². The van der Waals surface area contributed by atoms with E-state index >= 15 is 0 Å². The summed E-state index contributed by atoms with van der Waals surface area (Å²) in [6.07, 6.45) is 3.62. The number of hydrogen-bond acceptors (Lipinski definition) is 3. The highest BCUT2D eigenvalue weighted by Crippen LogP contribution is 2.11. The summed E-state index contributed by atoms with van der Waals surface area (Å²) in [5.74, 6) is 0.0846. The summed E-state index contributed by atoms with van der Waals surface area (Å²) in [6.45, 7) is 2.28. The van der Waals surface area contributed by atoms with E-state index in [-0.39, 0.29) is 5.78 Å². The van der Waals surface area contributed by atoms with Gasteiger partial charge in [-0.05, 0) is 31.2 Å². The molecule has 2 N–H and O–H groups in total. The van der Waals surface area contributed by atoms with E-state index in [4.69, 9.17) is 0 Å². The van der Waals surface area contributed by atoms with E-state index in [0.29, 0.717) is 0 Å². The summed E-state index contributed by atoms with van der Waals surface area (Å²) in [6, 6.07) is 7.44. The van der Waals surface area contributed by atoms with E-state index in [2.05, 4.69) is 15.5 Å². The van der Waals surface area contributed by atoms with Crippen LogP contribution < -0.4 is 5.32 Å². The number of H-pyrrole nitrogens is 1. The van der Waals surface area contributed by atoms with Crippen molar-refractivity contribution in [1.29, 1.82) is 0 Å². The van der Waals surface area contributed by atoms with Crippen molar-refractivity contribution in [3.63, 3.8) is 0 Å². The van der Waals surface area contributed by atoms with Crippen molar-refractivity contribution in [2.24, 2.45) is 0 Å². The Morgan fingerprint density at radius 3 is 2.69 bits per heavy atom. The van der Waals surface area contributed by atoms with Crippen molar-refractivity contribution in [3.05, 3.63) is 47.8 Å². The maximum atomic E-state index is 11.1. The molecule has 1 aromatic carbocycles. The monoisotopic (exact) mass is 215 g/mol. The maximum absolute atomic E-state index is 11.1. The largest absolute Gasteiger partial charge is 0.381 e. The summed E-state index contributed by atoms with van der Waals surface area (Å²) in [4.78, 5) is 11.1. The minimum atomic E-state index is 0.0846. The van der Waals surface area contributed by atoms with Crippen LogP contribution in [-0.4, -0.2) is 16.0 Å². The first-order chi connectivity index (χ1) is 7.75. The Morgan fingerprint density at radius 1 is 1.38 bits per heavy atom. The summed E-state index contributed by atoms with van der Waals surface area (Å²) < 4.78 is 0. The van der Waals surface area contributed by atoms with Gasteiger partial charge >= 0.3 is 0 Å². The number of rotatable bonds is 4. The van der Waals surface area contributed by atoms with Crippen molar-refractivity contribution in [3.8, 4) is 0 Å². The molecule has 0 radical (unpaired) electrons. The molecule has 0 fully saturated rings. The van der Waals surface area contributed by atoms with Gasteiger partial charge in [-0.15, -0.1) is 0 Å². The number of anilines is 1. The fourth-order valence-electron chi connectivity index (χ4n) is 1.40. The van der Waals surface area contributed by atoms with Gasteiger partial charge in [-0.2, -0.15) is 5.10 Å². The number of ketones is 1. The molecule has 0 saturated heterocycles. The van der Waals surface area contributed by atoms with E-state index in [1.165, 1.54) is 0 Å². The number of hydrogen-bond donors (Lipinski definition) is 2. The van der Waals surface area contributed by atoms with Crippen LogP contribution in [0, 0.1) is 0 Å². The van der Waals surface area contributed by atoms with Crippen LogP contribution >= 0.6 is 0 Å². The Labute approximate surface area is 93.7 Å². The molecule has 0 bridgehead atoms. The third-order valence-corrected chi connectivity index (χ3v) is 2.34. The molecule has 16 heavy (non-hydrogen) atoms. The molecule has 4 nitrogen and oxygen atoms in total. The minimum absolute atomic E-state index is 0.0846. The Bertz CT molecular complexity index is 460. The van der Waals surface area contributed by atoms with Crippen molar-refractivity contribution >= 4 is 11.5 Å². The van der Waals surface area contributed by atoms with Crippen molar-refractivity contribution in [1.82, 2.24) is 10.2 Å². The van der Waals surface area contributed by atoms with Crippen LogP contribution in [0.1, 0.15) is 22.8 Å². The molecule has 0 amide bonds. The lowest BCUT2D eigenvalue weighted by molar-refractivity contribution is 0.101. The van der Waals surface area contributed by atoms with Crippen molar-refractivity contribution in [2.45, 2.75) is 13.5 Å². The molecular formula is C12H13N3O. The molecule has 1 heterocycles. The lowest BCUT2D eigenvalue weighted by atomic mass is 10.1. The first kappa shape index (κ1) is 10.4. The van der Waals surface area contributed by atoms with Gasteiger partial charge in [-0.3, -0.25) is 9.89 Å². The molecule has 82 valence electrons. The van der Waals surface area contributed by atoms with E-state index in [9.17, 15) is 4.79 Å². The summed E-state index contributed by atoms with van der Waals surface area (Å²) in [5, 5.41) is 9.86. The number of carbonyl (C=O) groups excluding carboxylic acids is 1. The quantitative estimate of drug-likeness (QED) is 0.769. The molecule has 0 atom stereocenters. The van der Waals surface area contributed by atoms with Crippen LogP contribution in [0.15, 0.2) is 36.7 Å². The maximum Gasteiger partial charge on any atom is 0.159 e. The molecule has 0 aliphatic rings. The Kier molecular flexibility index (Phi) is 3.00. The average molecular weight is 215 g/mol. The number of Topliss-reactive ketones (excluding diaryl/α,β-unsaturated/α-hetero) is 1. The van der Waals surface area contributed by atoms with Crippen LogP contribution in [0.4, 0.5) is 5.69 Å². The van der Waals surface area contributed by atoms with Crippen LogP contribution in [0.5, 0.6) is 0 Å². The Balaban J connectivity index is 1.98. The Hall–Kier alpha value is -2.10. The summed E-state index contributed by atoms with van der Waals surface area (Å²) in [5.41, 5.74) is 2.82. The fraction of sp³-hybridized carbons (Fsp3) is 0.167. The molecule has 0 saturated carbocycles. The van der Waals surface area contributed by atoms with Gasteiger partial charge in [-0.25, -0.2) is 0 Å². The molecule has 0 unspecified atom stereocenters. The third kappa shape index (κ3) is 2.48. The number of nitrogens with one attached hydrogen (secondary N) is 2. The topological polar surface area (TPSA) is 57.8 Å². The second kappa shape index (κ2) is 4.61. The van der Waals surface area contributed by atoms with Crippen molar-refractivity contribution < 1.29 is 4.79 Å². The second-order valence-electron chi connectivity index (χ2n) is 3.59. The minimum Gasteiger partial charge on any atom is -0.381 e. The first-order valence-corrected chi connectivity index (χ1v) is 5.08. The van der Waals surface area contributed by atoms with Gasteiger partial charge < -0.3 is 5.32 Å². The number of nitrogens with zero attached hydrogens (tertiary/aromatic N) is 1. The number of aromatic nitrogens is 2. The molecule has 2 aromatic rings. The zero-order valence-corrected chi connectivity index (χ0v) is 9.03. The number of benzene rings is 1.